The Labute approximate surface area is 227 Å². The van der Waals surface area contributed by atoms with Crippen molar-refractivity contribution < 1.29 is 27.4 Å². The van der Waals surface area contributed by atoms with Crippen molar-refractivity contribution in [3.8, 4) is 28.4 Å². The van der Waals surface area contributed by atoms with E-state index in [9.17, 15) is 22.8 Å². The molecule has 0 fully saturated rings. The second kappa shape index (κ2) is 11.7. The Morgan fingerprint density at radius 3 is 2.33 bits per heavy atom. The molecule has 0 aliphatic carbocycles. The van der Waals surface area contributed by atoms with Crippen LogP contribution in [0.4, 0.5) is 18.9 Å². The van der Waals surface area contributed by atoms with Gasteiger partial charge in [-0.1, -0.05) is 11.6 Å². The van der Waals surface area contributed by atoms with Gasteiger partial charge in [0.1, 0.15) is 23.1 Å². The molecule has 4 aromatic rings. The summed E-state index contributed by atoms with van der Waals surface area (Å²) >= 11 is 6.14. The molecule has 202 valence electrons. The summed E-state index contributed by atoms with van der Waals surface area (Å²) in [5.41, 5.74) is 1.25. The van der Waals surface area contributed by atoms with Crippen LogP contribution < -0.4 is 19.9 Å². The van der Waals surface area contributed by atoms with Crippen LogP contribution in [0, 0.1) is 17.5 Å². The van der Waals surface area contributed by atoms with Crippen LogP contribution in [0.2, 0.25) is 5.02 Å². The molecule has 0 atom stereocenters. The van der Waals surface area contributed by atoms with Crippen LogP contribution in [0.25, 0.3) is 11.1 Å². The molecule has 39 heavy (non-hydrogen) atoms. The maximum atomic E-state index is 14.4. The van der Waals surface area contributed by atoms with Gasteiger partial charge in [-0.3, -0.25) is 9.59 Å². The van der Waals surface area contributed by atoms with Gasteiger partial charge < -0.3 is 18.9 Å². The fraction of sp³-hybridized carbons (Fsp3) is 0.172. The number of likely N-dealkylation sites (N-methyl/N-ethyl adjacent to an activating group) is 1. The summed E-state index contributed by atoms with van der Waals surface area (Å²) in [4.78, 5) is 26.8. The Morgan fingerprint density at radius 1 is 0.923 bits per heavy atom. The van der Waals surface area contributed by atoms with E-state index in [2.05, 4.69) is 0 Å². The Morgan fingerprint density at radius 2 is 1.62 bits per heavy atom. The number of carbonyl (C=O) groups excluding carboxylic acids is 1. The number of hydrogen-bond acceptors (Lipinski definition) is 4. The third-order valence-corrected chi connectivity index (χ3v) is 6.34. The van der Waals surface area contributed by atoms with Crippen molar-refractivity contribution in [1.29, 1.82) is 0 Å². The summed E-state index contributed by atoms with van der Waals surface area (Å²) in [5.74, 6) is -2.36. The van der Waals surface area contributed by atoms with Crippen molar-refractivity contribution >= 4 is 23.2 Å². The molecule has 1 amide bonds. The van der Waals surface area contributed by atoms with Crippen LogP contribution in [0.15, 0.2) is 71.7 Å². The smallest absolute Gasteiger partial charge is 0.254 e. The molecule has 0 unspecified atom stereocenters. The number of benzene rings is 3. The molecule has 3 aromatic carbocycles. The van der Waals surface area contributed by atoms with E-state index in [0.29, 0.717) is 28.4 Å². The van der Waals surface area contributed by atoms with Crippen molar-refractivity contribution in [2.75, 3.05) is 18.6 Å². The van der Waals surface area contributed by atoms with Crippen LogP contribution in [-0.2, 0) is 18.3 Å². The van der Waals surface area contributed by atoms with Gasteiger partial charge in [0.15, 0.2) is 11.6 Å². The lowest BCUT2D eigenvalue weighted by Crippen LogP contribution is -2.28. The lowest BCUT2D eigenvalue weighted by molar-refractivity contribution is -0.117. The highest BCUT2D eigenvalue weighted by Gasteiger charge is 2.20. The third kappa shape index (κ3) is 6.26. The molecule has 10 heteroatoms. The largest absolute Gasteiger partial charge is 0.493 e. The van der Waals surface area contributed by atoms with Crippen LogP contribution in [0.5, 0.6) is 17.2 Å². The average Bonchev–Trinajstić information content (AvgIpc) is 2.89. The van der Waals surface area contributed by atoms with E-state index in [1.54, 1.807) is 33.2 Å². The highest BCUT2D eigenvalue weighted by molar-refractivity contribution is 6.31. The van der Waals surface area contributed by atoms with E-state index in [1.165, 1.54) is 46.0 Å². The number of aromatic nitrogens is 1. The van der Waals surface area contributed by atoms with Crippen LogP contribution in [0.1, 0.15) is 12.5 Å². The number of carbonyl (C=O) groups is 1. The quantitative estimate of drug-likeness (QED) is 0.248. The standard InChI is InChI=1S/C29H24ClF3N2O4/c1-4-38-27-15-28(36)34(2)16-22(27)21-14-20(7-10-25(21)39-26-9-6-19(32)13-24(26)33)35(3)29(37)12-17-11-18(31)5-8-23(17)30/h5-11,13-16H,4,12H2,1-3H3. The molecule has 0 aliphatic heterocycles. The lowest BCUT2D eigenvalue weighted by atomic mass is 10.0. The van der Waals surface area contributed by atoms with Crippen molar-refractivity contribution in [3.05, 3.63) is 105 Å². The molecule has 0 aliphatic rings. The number of halogens is 4. The molecular weight excluding hydrogens is 533 g/mol. The summed E-state index contributed by atoms with van der Waals surface area (Å²) in [6.07, 6.45) is 1.38. The first-order valence-electron chi connectivity index (χ1n) is 11.9. The van der Waals surface area contributed by atoms with Gasteiger partial charge in [-0.05, 0) is 61.0 Å². The van der Waals surface area contributed by atoms with E-state index in [1.807, 2.05) is 0 Å². The number of pyridine rings is 1. The monoisotopic (exact) mass is 556 g/mol. The van der Waals surface area contributed by atoms with Gasteiger partial charge in [-0.15, -0.1) is 0 Å². The maximum absolute atomic E-state index is 14.4. The molecule has 0 saturated heterocycles. The normalized spacial score (nSPS) is 10.8. The predicted molar refractivity (Wildman–Crippen MR) is 143 cm³/mol. The van der Waals surface area contributed by atoms with Crippen molar-refractivity contribution in [3.63, 3.8) is 0 Å². The summed E-state index contributed by atoms with van der Waals surface area (Å²) in [5, 5.41) is 0.260. The summed E-state index contributed by atoms with van der Waals surface area (Å²) in [6, 6.07) is 12.7. The molecular formula is C29H24ClF3N2O4. The second-order valence-electron chi connectivity index (χ2n) is 8.66. The zero-order valence-electron chi connectivity index (χ0n) is 21.3. The van der Waals surface area contributed by atoms with E-state index in [0.717, 1.165) is 12.1 Å². The first kappa shape index (κ1) is 27.8. The van der Waals surface area contributed by atoms with Gasteiger partial charge in [-0.2, -0.15) is 0 Å². The number of hydrogen-bond donors (Lipinski definition) is 0. The van der Waals surface area contributed by atoms with Crippen molar-refractivity contribution in [1.82, 2.24) is 4.57 Å². The number of anilines is 1. The number of aryl methyl sites for hydroxylation is 1. The minimum Gasteiger partial charge on any atom is -0.493 e. The number of rotatable bonds is 8. The van der Waals surface area contributed by atoms with Gasteiger partial charge in [0.05, 0.1) is 13.0 Å². The van der Waals surface area contributed by atoms with Crippen molar-refractivity contribution in [2.45, 2.75) is 13.3 Å². The molecule has 6 nitrogen and oxygen atoms in total. The summed E-state index contributed by atoms with van der Waals surface area (Å²) < 4.78 is 54.5. The fourth-order valence-electron chi connectivity index (χ4n) is 3.90. The number of amides is 1. The van der Waals surface area contributed by atoms with Gasteiger partial charge in [0.2, 0.25) is 5.91 Å². The molecule has 1 aromatic heterocycles. The lowest BCUT2D eigenvalue weighted by Gasteiger charge is -2.21. The first-order valence-corrected chi connectivity index (χ1v) is 12.3. The minimum atomic E-state index is -0.908. The molecule has 0 N–H and O–H groups in total. The van der Waals surface area contributed by atoms with E-state index >= 15 is 0 Å². The molecule has 0 radical (unpaired) electrons. The maximum Gasteiger partial charge on any atom is 0.254 e. The Bertz CT molecular complexity index is 1610. The Kier molecular flexibility index (Phi) is 8.30. The van der Waals surface area contributed by atoms with Crippen LogP contribution >= 0.6 is 11.6 Å². The van der Waals surface area contributed by atoms with Gasteiger partial charge in [0.25, 0.3) is 5.56 Å². The molecule has 0 spiro atoms. The minimum absolute atomic E-state index is 0.161. The Balaban J connectivity index is 1.80. The predicted octanol–water partition coefficient (Wildman–Crippen LogP) is 6.52. The van der Waals surface area contributed by atoms with E-state index in [-0.39, 0.29) is 46.8 Å². The topological polar surface area (TPSA) is 60.8 Å². The summed E-state index contributed by atoms with van der Waals surface area (Å²) in [6.45, 7) is 2.02. The number of nitrogens with zero attached hydrogens (tertiary/aromatic N) is 2. The molecule has 1 heterocycles. The average molecular weight is 557 g/mol. The third-order valence-electron chi connectivity index (χ3n) is 5.97. The molecule has 4 rings (SSSR count). The first-order chi connectivity index (χ1) is 18.6. The highest BCUT2D eigenvalue weighted by Crippen LogP contribution is 2.40. The molecule has 0 saturated carbocycles. The van der Waals surface area contributed by atoms with Gasteiger partial charge in [-0.25, -0.2) is 13.2 Å². The van der Waals surface area contributed by atoms with Crippen LogP contribution in [-0.4, -0.2) is 24.1 Å². The Hall–Kier alpha value is -4.24. The highest BCUT2D eigenvalue weighted by atomic mass is 35.5. The number of ether oxygens (including phenoxy) is 2. The van der Waals surface area contributed by atoms with Gasteiger partial charge in [0, 0.05) is 54.3 Å². The fourth-order valence-corrected chi connectivity index (χ4v) is 4.08. The summed E-state index contributed by atoms with van der Waals surface area (Å²) in [7, 11) is 3.10. The van der Waals surface area contributed by atoms with Crippen LogP contribution in [0.3, 0.4) is 0 Å². The van der Waals surface area contributed by atoms with Gasteiger partial charge >= 0.3 is 0 Å². The zero-order valence-corrected chi connectivity index (χ0v) is 22.1. The van der Waals surface area contributed by atoms with Crippen molar-refractivity contribution in [2.24, 2.45) is 7.05 Å². The SMILES string of the molecule is CCOc1cc(=O)n(C)cc1-c1cc(N(C)C(=O)Cc2cc(F)ccc2Cl)ccc1Oc1ccc(F)cc1F. The van der Waals surface area contributed by atoms with E-state index < -0.39 is 17.5 Å². The van der Waals surface area contributed by atoms with E-state index in [4.69, 9.17) is 21.1 Å². The zero-order chi connectivity index (χ0) is 28.3. The second-order valence-corrected chi connectivity index (χ2v) is 9.06. The molecule has 0 bridgehead atoms.